The Hall–Kier alpha value is -3.02. The van der Waals surface area contributed by atoms with Crippen molar-refractivity contribution < 1.29 is 19.1 Å². The van der Waals surface area contributed by atoms with Crippen LogP contribution in [0.25, 0.3) is 0 Å². The molecule has 3 rings (SSSR count). The van der Waals surface area contributed by atoms with Crippen LogP contribution in [0.2, 0.25) is 0 Å². The normalized spacial score (nSPS) is 13.8. The van der Waals surface area contributed by atoms with Crippen LogP contribution in [-0.2, 0) is 22.4 Å². The summed E-state index contributed by atoms with van der Waals surface area (Å²) in [6.45, 7) is 4.54. The molecule has 29 heavy (non-hydrogen) atoms. The van der Waals surface area contributed by atoms with Gasteiger partial charge in [0, 0.05) is 12.2 Å². The van der Waals surface area contributed by atoms with E-state index < -0.39 is 6.04 Å². The summed E-state index contributed by atoms with van der Waals surface area (Å²) in [5, 5.41) is 2.94. The summed E-state index contributed by atoms with van der Waals surface area (Å²) in [5.41, 5.74) is 2.90. The third-order valence-corrected chi connectivity index (χ3v) is 5.22. The molecule has 1 heterocycles. The van der Waals surface area contributed by atoms with Crippen molar-refractivity contribution in [3.63, 3.8) is 0 Å². The minimum atomic E-state index is -0.575. The van der Waals surface area contributed by atoms with Crippen LogP contribution < -0.4 is 19.7 Å². The molecule has 0 fully saturated rings. The standard InChI is InChI=1S/C23H28N2O4/c1-15(2)22(23(27)25-12-11-17-7-5-6-8-18(17)25)24-21(26)14-16-9-10-19(28-3)20(13-16)29-4/h5-10,13,15,22H,11-12,14H2,1-4H3,(H,24,26)/t22-/m1/s1. The predicted molar refractivity (Wildman–Crippen MR) is 113 cm³/mol. The maximum atomic E-state index is 13.2. The molecule has 6 nitrogen and oxygen atoms in total. The summed E-state index contributed by atoms with van der Waals surface area (Å²) >= 11 is 0. The second kappa shape index (κ2) is 8.99. The highest BCUT2D eigenvalue weighted by Crippen LogP contribution is 2.29. The Balaban J connectivity index is 1.71. The molecule has 0 aromatic heterocycles. The first-order valence-electron chi connectivity index (χ1n) is 9.84. The van der Waals surface area contributed by atoms with Gasteiger partial charge in [-0.3, -0.25) is 9.59 Å². The highest BCUT2D eigenvalue weighted by Gasteiger charge is 2.32. The molecular formula is C23H28N2O4. The lowest BCUT2D eigenvalue weighted by molar-refractivity contribution is -0.128. The zero-order chi connectivity index (χ0) is 21.0. The molecule has 1 N–H and O–H groups in total. The van der Waals surface area contributed by atoms with Crippen molar-refractivity contribution in [3.05, 3.63) is 53.6 Å². The molecule has 2 aromatic carbocycles. The number of hydrogen-bond acceptors (Lipinski definition) is 4. The van der Waals surface area contributed by atoms with Crippen LogP contribution in [0.3, 0.4) is 0 Å². The number of benzene rings is 2. The second-order valence-electron chi connectivity index (χ2n) is 7.52. The van der Waals surface area contributed by atoms with Gasteiger partial charge in [0.1, 0.15) is 6.04 Å². The molecule has 6 heteroatoms. The Morgan fingerprint density at radius 2 is 1.79 bits per heavy atom. The monoisotopic (exact) mass is 396 g/mol. The molecule has 1 atom stereocenters. The first kappa shape index (κ1) is 20.7. The van der Waals surface area contributed by atoms with Crippen LogP contribution in [0.1, 0.15) is 25.0 Å². The number of hydrogen-bond donors (Lipinski definition) is 1. The molecule has 1 aliphatic heterocycles. The van der Waals surface area contributed by atoms with Gasteiger partial charge in [-0.05, 0) is 41.7 Å². The Morgan fingerprint density at radius 3 is 2.48 bits per heavy atom. The lowest BCUT2D eigenvalue weighted by atomic mass is 10.0. The number of amides is 2. The SMILES string of the molecule is COc1ccc(CC(=O)N[C@@H](C(=O)N2CCc3ccccc32)C(C)C)cc1OC. The maximum absolute atomic E-state index is 13.2. The van der Waals surface area contributed by atoms with E-state index in [2.05, 4.69) is 5.32 Å². The Kier molecular flexibility index (Phi) is 6.42. The number of nitrogens with one attached hydrogen (secondary N) is 1. The van der Waals surface area contributed by atoms with Crippen molar-refractivity contribution >= 4 is 17.5 Å². The third kappa shape index (κ3) is 4.53. The largest absolute Gasteiger partial charge is 0.493 e. The molecule has 2 amide bonds. The number of carbonyl (C=O) groups is 2. The molecule has 0 spiro atoms. The number of ether oxygens (including phenoxy) is 2. The maximum Gasteiger partial charge on any atom is 0.249 e. The molecule has 0 saturated carbocycles. The van der Waals surface area contributed by atoms with E-state index in [4.69, 9.17) is 9.47 Å². The van der Waals surface area contributed by atoms with Crippen LogP contribution >= 0.6 is 0 Å². The van der Waals surface area contributed by atoms with E-state index in [1.54, 1.807) is 31.3 Å². The average Bonchev–Trinajstić information content (AvgIpc) is 3.15. The van der Waals surface area contributed by atoms with E-state index >= 15 is 0 Å². The highest BCUT2D eigenvalue weighted by atomic mass is 16.5. The Morgan fingerprint density at radius 1 is 1.07 bits per heavy atom. The van der Waals surface area contributed by atoms with Crippen LogP contribution in [0.5, 0.6) is 11.5 Å². The molecule has 154 valence electrons. The van der Waals surface area contributed by atoms with Gasteiger partial charge in [-0.15, -0.1) is 0 Å². The lowest BCUT2D eigenvalue weighted by Gasteiger charge is -2.27. The summed E-state index contributed by atoms with van der Waals surface area (Å²) in [6, 6.07) is 12.7. The summed E-state index contributed by atoms with van der Waals surface area (Å²) < 4.78 is 10.5. The minimum absolute atomic E-state index is 0.0235. The van der Waals surface area contributed by atoms with Gasteiger partial charge in [0.15, 0.2) is 11.5 Å². The van der Waals surface area contributed by atoms with E-state index in [-0.39, 0.29) is 24.2 Å². The van der Waals surface area contributed by atoms with E-state index in [1.807, 2.05) is 44.2 Å². The first-order chi connectivity index (χ1) is 13.9. The molecule has 0 bridgehead atoms. The Bertz CT molecular complexity index is 894. The smallest absolute Gasteiger partial charge is 0.249 e. The molecule has 2 aromatic rings. The van der Waals surface area contributed by atoms with Gasteiger partial charge in [-0.1, -0.05) is 38.1 Å². The molecule has 0 aliphatic carbocycles. The van der Waals surface area contributed by atoms with Crippen molar-refractivity contribution in [3.8, 4) is 11.5 Å². The number of rotatable bonds is 7. The number of anilines is 1. The highest BCUT2D eigenvalue weighted by molar-refractivity contribution is 6.01. The molecule has 0 radical (unpaired) electrons. The van der Waals surface area contributed by atoms with E-state index in [9.17, 15) is 9.59 Å². The van der Waals surface area contributed by atoms with Gasteiger partial charge in [-0.25, -0.2) is 0 Å². The topological polar surface area (TPSA) is 67.9 Å². The molecular weight excluding hydrogens is 368 g/mol. The van der Waals surface area contributed by atoms with Crippen molar-refractivity contribution in [2.75, 3.05) is 25.7 Å². The zero-order valence-electron chi connectivity index (χ0n) is 17.4. The number of para-hydroxylation sites is 1. The van der Waals surface area contributed by atoms with Crippen molar-refractivity contribution in [1.29, 1.82) is 0 Å². The summed E-state index contributed by atoms with van der Waals surface area (Å²) in [4.78, 5) is 27.7. The fraction of sp³-hybridized carbons (Fsp3) is 0.391. The second-order valence-corrected chi connectivity index (χ2v) is 7.52. The van der Waals surface area contributed by atoms with Crippen LogP contribution in [0.4, 0.5) is 5.69 Å². The number of nitrogens with zero attached hydrogens (tertiary/aromatic N) is 1. The number of carbonyl (C=O) groups excluding carboxylic acids is 2. The zero-order valence-corrected chi connectivity index (χ0v) is 17.4. The minimum Gasteiger partial charge on any atom is -0.493 e. The van der Waals surface area contributed by atoms with Crippen molar-refractivity contribution in [1.82, 2.24) is 5.32 Å². The van der Waals surface area contributed by atoms with Gasteiger partial charge < -0.3 is 19.7 Å². The summed E-state index contributed by atoms with van der Waals surface area (Å²) in [7, 11) is 3.13. The Labute approximate surface area is 171 Å². The number of fused-ring (bicyclic) bond motifs is 1. The fourth-order valence-electron chi connectivity index (χ4n) is 3.65. The third-order valence-electron chi connectivity index (χ3n) is 5.22. The van der Waals surface area contributed by atoms with Gasteiger partial charge in [0.05, 0.1) is 20.6 Å². The van der Waals surface area contributed by atoms with Crippen LogP contribution in [-0.4, -0.2) is 38.6 Å². The molecule has 1 aliphatic rings. The van der Waals surface area contributed by atoms with E-state index in [0.29, 0.717) is 18.0 Å². The quantitative estimate of drug-likeness (QED) is 0.781. The predicted octanol–water partition coefficient (Wildman–Crippen LogP) is 2.98. The number of methoxy groups -OCH3 is 2. The average molecular weight is 396 g/mol. The summed E-state index contributed by atoms with van der Waals surface area (Å²) in [5.74, 6) is 0.898. The molecule has 0 saturated heterocycles. The fourth-order valence-corrected chi connectivity index (χ4v) is 3.65. The van der Waals surface area contributed by atoms with Gasteiger partial charge in [-0.2, -0.15) is 0 Å². The first-order valence-corrected chi connectivity index (χ1v) is 9.84. The van der Waals surface area contributed by atoms with Crippen LogP contribution in [0, 0.1) is 5.92 Å². The van der Waals surface area contributed by atoms with Gasteiger partial charge in [0.2, 0.25) is 11.8 Å². The van der Waals surface area contributed by atoms with E-state index in [1.165, 1.54) is 5.56 Å². The van der Waals surface area contributed by atoms with E-state index in [0.717, 1.165) is 17.7 Å². The molecule has 0 unspecified atom stereocenters. The van der Waals surface area contributed by atoms with Gasteiger partial charge >= 0.3 is 0 Å². The van der Waals surface area contributed by atoms with Crippen molar-refractivity contribution in [2.45, 2.75) is 32.7 Å². The van der Waals surface area contributed by atoms with Crippen molar-refractivity contribution in [2.24, 2.45) is 5.92 Å². The van der Waals surface area contributed by atoms with Crippen LogP contribution in [0.15, 0.2) is 42.5 Å². The lowest BCUT2D eigenvalue weighted by Crippen LogP contribution is -2.51. The summed E-state index contributed by atoms with van der Waals surface area (Å²) in [6.07, 6.45) is 1.000. The van der Waals surface area contributed by atoms with Gasteiger partial charge in [0.25, 0.3) is 0 Å².